The molecule has 1 amide bonds. The number of carbonyl (C=O) groups is 1. The van der Waals surface area contributed by atoms with Crippen LogP contribution >= 0.6 is 0 Å². The number of aliphatic hydroxyl groups excluding tert-OH is 1. The molecule has 3 aliphatic rings. The number of rotatable bonds is 15. The quantitative estimate of drug-likeness (QED) is 0.0830. The number of nitrogens with one attached hydrogen (secondary N) is 3. The minimum atomic E-state index is -2.58. The first kappa shape index (κ1) is 28.3. The Bertz CT molecular complexity index is 806. The summed E-state index contributed by atoms with van der Waals surface area (Å²) in [7, 11) is 0. The lowest BCUT2D eigenvalue weighted by Crippen LogP contribution is -2.78. The van der Waals surface area contributed by atoms with Crippen molar-refractivity contribution in [1.29, 1.82) is 0 Å². The maximum Gasteiger partial charge on any atom is 0.407 e. The number of nitrogens with zero attached hydrogens (tertiary/aromatic N) is 2. The van der Waals surface area contributed by atoms with E-state index in [0.717, 1.165) is 19.3 Å². The summed E-state index contributed by atoms with van der Waals surface area (Å²) in [5, 5.41) is 40.1. The van der Waals surface area contributed by atoms with Crippen LogP contribution in [0.2, 0.25) is 0 Å². The zero-order valence-corrected chi connectivity index (χ0v) is 21.5. The zero-order chi connectivity index (χ0) is 26.2. The van der Waals surface area contributed by atoms with Gasteiger partial charge in [0.2, 0.25) is 5.66 Å². The number of amides is 1. The van der Waals surface area contributed by atoms with Crippen LogP contribution < -0.4 is 27.4 Å². The Kier molecular flexibility index (Phi) is 10.0. The molecule has 0 aromatic carbocycles. The minimum Gasteiger partial charge on any atom is -0.446 e. The van der Waals surface area contributed by atoms with E-state index in [2.05, 4.69) is 27.9 Å². The second kappa shape index (κ2) is 12.8. The third-order valence-electron chi connectivity index (χ3n) is 7.53. The SMILES string of the molecule is CCCCCCCCCCCCCCNC(=O)OC[C@@H]1NC(N)=[N+]2C[C@H](O)C(O)(O)[C@@]23NC(N)=N[C@@H]13. The highest BCUT2D eigenvalue weighted by molar-refractivity contribution is 5.83. The fraction of sp³-hybridized carbons (Fsp3) is 0.875. The summed E-state index contributed by atoms with van der Waals surface area (Å²) in [5.41, 5.74) is 10.3. The molecule has 12 heteroatoms. The Morgan fingerprint density at radius 3 is 2.28 bits per heavy atom. The summed E-state index contributed by atoms with van der Waals surface area (Å²) in [6, 6.07) is -1.56. The number of carbonyl (C=O) groups excluding carboxylic acids is 1. The van der Waals surface area contributed by atoms with Crippen molar-refractivity contribution in [2.24, 2.45) is 16.5 Å². The highest BCUT2D eigenvalue weighted by Gasteiger charge is 2.74. The molecular weight excluding hydrogens is 466 g/mol. The lowest BCUT2D eigenvalue weighted by Gasteiger charge is -2.43. The van der Waals surface area contributed by atoms with E-state index in [9.17, 15) is 20.1 Å². The molecule has 1 spiro atoms. The van der Waals surface area contributed by atoms with E-state index < -0.39 is 35.7 Å². The van der Waals surface area contributed by atoms with E-state index in [1.807, 2.05) is 0 Å². The number of aliphatic imine (C=N–C) groups is 1. The second-order valence-electron chi connectivity index (χ2n) is 10.3. The first-order chi connectivity index (χ1) is 17.2. The number of alkyl carbamates (subject to hydrolysis) is 1. The van der Waals surface area contributed by atoms with Crippen molar-refractivity contribution in [1.82, 2.24) is 16.0 Å². The average Bonchev–Trinajstić information content (AvgIpc) is 3.30. The molecule has 1 saturated heterocycles. The number of ether oxygens (including phenoxy) is 1. The van der Waals surface area contributed by atoms with Gasteiger partial charge in [-0.25, -0.2) is 14.4 Å². The number of aliphatic hydroxyl groups is 3. The summed E-state index contributed by atoms with van der Waals surface area (Å²) in [6.45, 7) is 2.51. The molecule has 12 nitrogen and oxygen atoms in total. The second-order valence-corrected chi connectivity index (χ2v) is 10.3. The molecule has 1 fully saturated rings. The molecule has 36 heavy (non-hydrogen) atoms. The van der Waals surface area contributed by atoms with Crippen LogP contribution in [0, 0.1) is 0 Å². The highest BCUT2D eigenvalue weighted by Crippen LogP contribution is 2.41. The van der Waals surface area contributed by atoms with Crippen molar-refractivity contribution < 1.29 is 29.4 Å². The standard InChI is InChI=1S/C24H45N7O5/c1-2-3-4-5-6-7-8-9-10-11-12-13-14-27-22(33)36-16-17-19-23(30-20(25)29-19)24(34,35)18(32)15-31(23)21(26)28-17/h17-19,32,34-35H,2-16H2,1H3,(H6,25,26,27,28,29,30,33)/p+1/t17-,18-,19-,23-/m0/s1. The van der Waals surface area contributed by atoms with Gasteiger partial charge in [0.25, 0.3) is 5.79 Å². The van der Waals surface area contributed by atoms with Crippen LogP contribution in [0.5, 0.6) is 0 Å². The largest absolute Gasteiger partial charge is 0.446 e. The molecule has 3 aliphatic heterocycles. The number of hydrogen-bond acceptors (Lipinski definition) is 10. The first-order valence-corrected chi connectivity index (χ1v) is 13.6. The summed E-state index contributed by atoms with van der Waals surface area (Å²) >= 11 is 0. The van der Waals surface area contributed by atoms with E-state index in [1.54, 1.807) is 0 Å². The van der Waals surface area contributed by atoms with Crippen molar-refractivity contribution in [3.63, 3.8) is 0 Å². The summed E-state index contributed by atoms with van der Waals surface area (Å²) < 4.78 is 6.76. The molecule has 0 aliphatic carbocycles. The van der Waals surface area contributed by atoms with Gasteiger partial charge < -0.3 is 36.4 Å². The monoisotopic (exact) mass is 512 g/mol. The normalized spacial score (nSPS) is 28.1. The van der Waals surface area contributed by atoms with E-state index in [1.165, 1.54) is 62.4 Å². The molecule has 0 bridgehead atoms. The predicted octanol–water partition coefficient (Wildman–Crippen LogP) is -0.249. The van der Waals surface area contributed by atoms with Crippen LogP contribution in [-0.4, -0.2) is 87.2 Å². The molecule has 10 N–H and O–H groups in total. The van der Waals surface area contributed by atoms with E-state index in [4.69, 9.17) is 16.2 Å². The van der Waals surface area contributed by atoms with Gasteiger partial charge in [0.05, 0.1) is 0 Å². The van der Waals surface area contributed by atoms with Gasteiger partial charge in [-0.2, -0.15) is 0 Å². The van der Waals surface area contributed by atoms with Crippen LogP contribution in [0.15, 0.2) is 4.99 Å². The molecule has 3 rings (SSSR count). The first-order valence-electron chi connectivity index (χ1n) is 13.6. The van der Waals surface area contributed by atoms with Crippen LogP contribution in [0.1, 0.15) is 84.0 Å². The van der Waals surface area contributed by atoms with Gasteiger partial charge in [0.1, 0.15) is 25.3 Å². The van der Waals surface area contributed by atoms with Gasteiger partial charge in [-0.05, 0) is 6.42 Å². The van der Waals surface area contributed by atoms with Gasteiger partial charge in [0, 0.05) is 6.54 Å². The predicted molar refractivity (Wildman–Crippen MR) is 136 cm³/mol. The number of guanidine groups is 2. The van der Waals surface area contributed by atoms with Crippen molar-refractivity contribution in [2.45, 2.75) is 114 Å². The molecule has 3 heterocycles. The summed E-state index contributed by atoms with van der Waals surface area (Å²) in [5.74, 6) is -2.51. The fourth-order valence-corrected chi connectivity index (χ4v) is 5.50. The molecule has 0 radical (unpaired) electrons. The smallest absolute Gasteiger partial charge is 0.407 e. The Balaban J connectivity index is 1.32. The van der Waals surface area contributed by atoms with Crippen LogP contribution in [-0.2, 0) is 4.74 Å². The zero-order valence-electron chi connectivity index (χ0n) is 21.5. The topological polar surface area (TPSA) is 190 Å². The lowest BCUT2D eigenvalue weighted by atomic mass is 9.86. The van der Waals surface area contributed by atoms with Crippen molar-refractivity contribution in [3.05, 3.63) is 0 Å². The third-order valence-corrected chi connectivity index (χ3v) is 7.53. The summed E-state index contributed by atoms with van der Waals surface area (Å²) in [4.78, 5) is 16.5. The maximum absolute atomic E-state index is 12.2. The Morgan fingerprint density at radius 1 is 1.08 bits per heavy atom. The van der Waals surface area contributed by atoms with Crippen LogP contribution in [0.4, 0.5) is 4.79 Å². The van der Waals surface area contributed by atoms with Gasteiger partial charge in [0.15, 0.2) is 12.0 Å². The van der Waals surface area contributed by atoms with Crippen LogP contribution in [0.3, 0.4) is 0 Å². The Hall–Kier alpha value is -2.31. The Labute approximate surface area is 213 Å². The maximum atomic E-state index is 12.2. The molecule has 0 aromatic rings. The van der Waals surface area contributed by atoms with E-state index >= 15 is 0 Å². The van der Waals surface area contributed by atoms with Gasteiger partial charge in [-0.15, -0.1) is 0 Å². The van der Waals surface area contributed by atoms with Gasteiger partial charge >= 0.3 is 12.1 Å². The lowest BCUT2D eigenvalue weighted by molar-refractivity contribution is -0.623. The minimum absolute atomic E-state index is 0.0236. The third kappa shape index (κ3) is 6.15. The summed E-state index contributed by atoms with van der Waals surface area (Å²) in [6.07, 6.45) is 12.9. The highest BCUT2D eigenvalue weighted by atomic mass is 16.6. The van der Waals surface area contributed by atoms with E-state index in [0.29, 0.717) is 6.54 Å². The molecule has 0 saturated carbocycles. The number of hydrogen-bond donors (Lipinski definition) is 8. The van der Waals surface area contributed by atoms with Gasteiger partial charge in [-0.3, -0.25) is 11.1 Å². The average molecular weight is 513 g/mol. The number of nitrogens with two attached hydrogens (primary N) is 2. The molecule has 0 unspecified atom stereocenters. The number of unbranched alkanes of at least 4 members (excludes halogenated alkanes) is 11. The van der Waals surface area contributed by atoms with Crippen molar-refractivity contribution in [3.8, 4) is 0 Å². The Morgan fingerprint density at radius 2 is 1.67 bits per heavy atom. The molecule has 0 aromatic heterocycles. The van der Waals surface area contributed by atoms with E-state index in [-0.39, 0.29) is 25.1 Å². The molecule has 4 atom stereocenters. The molecule has 206 valence electrons. The molecular formula is C24H46N7O5+. The van der Waals surface area contributed by atoms with Crippen LogP contribution in [0.25, 0.3) is 0 Å². The van der Waals surface area contributed by atoms with Gasteiger partial charge in [-0.1, -0.05) is 77.6 Å². The van der Waals surface area contributed by atoms with Crippen molar-refractivity contribution in [2.75, 3.05) is 19.7 Å². The van der Waals surface area contributed by atoms with Crippen molar-refractivity contribution >= 4 is 18.0 Å². The fourth-order valence-electron chi connectivity index (χ4n) is 5.50.